The van der Waals surface area contributed by atoms with Gasteiger partial charge in [0.2, 0.25) is 0 Å². The molecule has 1 saturated heterocycles. The molecule has 1 aliphatic rings. The number of rotatable bonds is 11. The number of morpholine rings is 1. The van der Waals surface area contributed by atoms with E-state index in [1.165, 1.54) is 0 Å². The van der Waals surface area contributed by atoms with Gasteiger partial charge in [-0.2, -0.15) is 0 Å². The van der Waals surface area contributed by atoms with Crippen LogP contribution < -0.4 is 0 Å². The Morgan fingerprint density at radius 1 is 1.03 bits per heavy atom. The smallest absolute Gasteiger partial charge is 0.174 e. The van der Waals surface area contributed by atoms with Gasteiger partial charge in [0.25, 0.3) is 0 Å². The van der Waals surface area contributed by atoms with E-state index in [0.717, 1.165) is 59.3 Å². The fourth-order valence-corrected chi connectivity index (χ4v) is 4.55. The van der Waals surface area contributed by atoms with Crippen molar-refractivity contribution < 1.29 is 19.0 Å². The largest absolute Gasteiger partial charge is 0.379 e. The molecule has 1 aromatic heterocycles. The van der Waals surface area contributed by atoms with E-state index in [1.54, 1.807) is 11.3 Å². The van der Waals surface area contributed by atoms with E-state index in [4.69, 9.17) is 14.2 Å². The highest BCUT2D eigenvalue weighted by Gasteiger charge is 2.17. The molecule has 0 spiro atoms. The van der Waals surface area contributed by atoms with Gasteiger partial charge in [0.15, 0.2) is 5.78 Å². The number of ketones is 1. The Labute approximate surface area is 177 Å². The summed E-state index contributed by atoms with van der Waals surface area (Å²) in [6.45, 7) is 10.6. The maximum absolute atomic E-state index is 12.7. The number of hydrogen-bond acceptors (Lipinski definition) is 6. The molecular formula is C23H31NO4S. The zero-order chi connectivity index (χ0) is 20.5. The van der Waals surface area contributed by atoms with E-state index in [0.29, 0.717) is 32.8 Å². The molecule has 2 heterocycles. The van der Waals surface area contributed by atoms with Gasteiger partial charge in [-0.3, -0.25) is 9.69 Å². The minimum absolute atomic E-state index is 0.210. The van der Waals surface area contributed by atoms with Crippen molar-refractivity contribution >= 4 is 17.1 Å². The molecule has 0 radical (unpaired) electrons. The first-order valence-corrected chi connectivity index (χ1v) is 11.2. The molecule has 2 aromatic rings. The highest BCUT2D eigenvalue weighted by molar-refractivity contribution is 7.17. The Bertz CT molecular complexity index is 757. The topological polar surface area (TPSA) is 48.0 Å². The molecular weight excluding hydrogens is 386 g/mol. The van der Waals surface area contributed by atoms with Gasteiger partial charge in [-0.1, -0.05) is 18.2 Å². The van der Waals surface area contributed by atoms with Crippen LogP contribution in [0.2, 0.25) is 0 Å². The first kappa shape index (κ1) is 22.1. The highest BCUT2D eigenvalue weighted by Crippen LogP contribution is 2.35. The summed E-state index contributed by atoms with van der Waals surface area (Å²) in [6, 6.07) is 10.3. The third-order valence-corrected chi connectivity index (χ3v) is 6.19. The third kappa shape index (κ3) is 6.20. The van der Waals surface area contributed by atoms with Gasteiger partial charge in [-0.05, 0) is 37.1 Å². The Balaban J connectivity index is 1.76. The summed E-state index contributed by atoms with van der Waals surface area (Å²) in [5.41, 5.74) is 3.42. The fourth-order valence-electron chi connectivity index (χ4n) is 3.46. The molecule has 0 bridgehead atoms. The number of thiophene rings is 1. The van der Waals surface area contributed by atoms with Crippen LogP contribution in [-0.2, 0) is 27.4 Å². The maximum atomic E-state index is 12.7. The van der Waals surface area contributed by atoms with Gasteiger partial charge in [0, 0.05) is 49.7 Å². The molecule has 1 aromatic carbocycles. The highest BCUT2D eigenvalue weighted by atomic mass is 32.1. The van der Waals surface area contributed by atoms with Crippen LogP contribution in [0.5, 0.6) is 0 Å². The number of carbonyl (C=O) groups is 1. The normalized spacial score (nSPS) is 15.0. The molecule has 6 heteroatoms. The van der Waals surface area contributed by atoms with Crippen LogP contribution in [0, 0.1) is 0 Å². The average molecular weight is 418 g/mol. The van der Waals surface area contributed by atoms with Crippen molar-refractivity contribution in [2.24, 2.45) is 0 Å². The minimum atomic E-state index is 0.210. The number of hydrogen-bond donors (Lipinski definition) is 0. The molecule has 5 nitrogen and oxygen atoms in total. The van der Waals surface area contributed by atoms with E-state index in [1.807, 2.05) is 26.0 Å². The predicted molar refractivity (Wildman–Crippen MR) is 117 cm³/mol. The summed E-state index contributed by atoms with van der Waals surface area (Å²) in [6.07, 6.45) is 0.548. The van der Waals surface area contributed by atoms with Crippen molar-refractivity contribution in [2.75, 3.05) is 46.1 Å². The molecule has 29 heavy (non-hydrogen) atoms. The van der Waals surface area contributed by atoms with E-state index in [-0.39, 0.29) is 5.78 Å². The van der Waals surface area contributed by atoms with Crippen molar-refractivity contribution in [3.8, 4) is 10.4 Å². The molecule has 0 atom stereocenters. The van der Waals surface area contributed by atoms with Crippen LogP contribution in [0.3, 0.4) is 0 Å². The van der Waals surface area contributed by atoms with Gasteiger partial charge in [0.1, 0.15) is 0 Å². The predicted octanol–water partition coefficient (Wildman–Crippen LogP) is 4.39. The Kier molecular flexibility index (Phi) is 8.83. The fraction of sp³-hybridized carbons (Fsp3) is 0.522. The first-order valence-electron chi connectivity index (χ1n) is 10.4. The second kappa shape index (κ2) is 11.6. The lowest BCUT2D eigenvalue weighted by atomic mass is 10.00. The summed E-state index contributed by atoms with van der Waals surface area (Å²) in [4.78, 5) is 17.0. The Morgan fingerprint density at radius 3 is 2.31 bits per heavy atom. The standard InChI is InChI=1S/C23H31NO4S/c1-3-26-16-18-6-5-7-19(17-27-4-2)23(18)22-9-8-21(29-22)20(25)10-11-24-12-14-28-15-13-24/h5-9H,3-4,10-17H2,1-2H3. The molecule has 0 unspecified atom stereocenters. The molecule has 3 rings (SSSR count). The minimum Gasteiger partial charge on any atom is -0.379 e. The molecule has 158 valence electrons. The van der Waals surface area contributed by atoms with Crippen LogP contribution in [-0.4, -0.2) is 56.7 Å². The molecule has 0 saturated carbocycles. The van der Waals surface area contributed by atoms with Crippen LogP contribution in [0.4, 0.5) is 0 Å². The Hall–Kier alpha value is -1.57. The Morgan fingerprint density at radius 2 is 1.69 bits per heavy atom. The van der Waals surface area contributed by atoms with Crippen LogP contribution in [0.25, 0.3) is 10.4 Å². The van der Waals surface area contributed by atoms with E-state index < -0.39 is 0 Å². The van der Waals surface area contributed by atoms with Crippen LogP contribution >= 0.6 is 11.3 Å². The van der Waals surface area contributed by atoms with Crippen LogP contribution in [0.15, 0.2) is 30.3 Å². The zero-order valence-corrected chi connectivity index (χ0v) is 18.3. The summed E-state index contributed by atoms with van der Waals surface area (Å²) >= 11 is 1.57. The lowest BCUT2D eigenvalue weighted by Gasteiger charge is -2.26. The molecule has 1 fully saturated rings. The number of nitrogens with zero attached hydrogens (tertiary/aromatic N) is 1. The number of benzene rings is 1. The first-order chi connectivity index (χ1) is 14.2. The zero-order valence-electron chi connectivity index (χ0n) is 17.4. The quantitative estimate of drug-likeness (QED) is 0.508. The van der Waals surface area contributed by atoms with Gasteiger partial charge in [0.05, 0.1) is 31.3 Å². The molecule has 0 aliphatic carbocycles. The van der Waals surface area contributed by atoms with E-state index in [2.05, 4.69) is 23.1 Å². The summed E-state index contributed by atoms with van der Waals surface area (Å²) in [5, 5.41) is 0. The number of Topliss-reactive ketones (excluding diaryl/α,β-unsaturated/α-hetero) is 1. The van der Waals surface area contributed by atoms with Gasteiger partial charge in [-0.15, -0.1) is 11.3 Å². The van der Waals surface area contributed by atoms with E-state index in [9.17, 15) is 4.79 Å². The van der Waals surface area contributed by atoms with Crippen molar-refractivity contribution in [3.63, 3.8) is 0 Å². The molecule has 0 N–H and O–H groups in total. The van der Waals surface area contributed by atoms with Gasteiger partial charge >= 0.3 is 0 Å². The second-order valence-corrected chi connectivity index (χ2v) is 8.10. The maximum Gasteiger partial charge on any atom is 0.174 e. The van der Waals surface area contributed by atoms with Crippen molar-refractivity contribution in [2.45, 2.75) is 33.5 Å². The number of ether oxygens (including phenoxy) is 3. The van der Waals surface area contributed by atoms with Gasteiger partial charge in [-0.25, -0.2) is 0 Å². The van der Waals surface area contributed by atoms with Crippen molar-refractivity contribution in [1.29, 1.82) is 0 Å². The van der Waals surface area contributed by atoms with Crippen LogP contribution in [0.1, 0.15) is 41.1 Å². The third-order valence-electron chi connectivity index (χ3n) is 5.05. The summed E-state index contributed by atoms with van der Waals surface area (Å²) in [5.74, 6) is 0.210. The lowest BCUT2D eigenvalue weighted by molar-refractivity contribution is 0.0370. The van der Waals surface area contributed by atoms with Crippen molar-refractivity contribution in [1.82, 2.24) is 4.90 Å². The van der Waals surface area contributed by atoms with Gasteiger partial charge < -0.3 is 14.2 Å². The molecule has 1 aliphatic heterocycles. The number of carbonyl (C=O) groups excluding carboxylic acids is 1. The van der Waals surface area contributed by atoms with Crippen molar-refractivity contribution in [3.05, 3.63) is 46.3 Å². The summed E-state index contributed by atoms with van der Waals surface area (Å²) < 4.78 is 16.7. The van der Waals surface area contributed by atoms with E-state index >= 15 is 0 Å². The average Bonchev–Trinajstić information content (AvgIpc) is 3.25. The lowest BCUT2D eigenvalue weighted by Crippen LogP contribution is -2.37. The summed E-state index contributed by atoms with van der Waals surface area (Å²) in [7, 11) is 0. The monoisotopic (exact) mass is 417 g/mol. The molecule has 0 amide bonds. The second-order valence-electron chi connectivity index (χ2n) is 7.02. The SMILES string of the molecule is CCOCc1cccc(COCC)c1-c1ccc(C(=O)CCN2CCOCC2)s1.